The minimum atomic E-state index is -4.71. The van der Waals surface area contributed by atoms with Gasteiger partial charge in [-0.05, 0) is 41.8 Å². The molecule has 0 spiro atoms. The Labute approximate surface area is 168 Å². The third kappa shape index (κ3) is 6.11. The highest BCUT2D eigenvalue weighted by Gasteiger charge is 2.30. The zero-order chi connectivity index (χ0) is 20.9. The topological polar surface area (TPSA) is 35.5 Å². The summed E-state index contributed by atoms with van der Waals surface area (Å²) in [6.45, 7) is 0. The molecule has 0 N–H and O–H groups in total. The van der Waals surface area contributed by atoms with Gasteiger partial charge >= 0.3 is 6.36 Å². The fourth-order valence-electron chi connectivity index (χ4n) is 3.60. The summed E-state index contributed by atoms with van der Waals surface area (Å²) in [6.07, 6.45) is 4.01. The number of Topliss-reactive ketones (excluding diaryl/α,β-unsaturated/α-hetero) is 1. The molecule has 0 saturated heterocycles. The molecule has 6 heteroatoms. The molecule has 0 aromatic heterocycles. The first kappa shape index (κ1) is 21.0. The molecule has 1 fully saturated rings. The van der Waals surface area contributed by atoms with E-state index in [9.17, 15) is 18.0 Å². The minimum Gasteiger partial charge on any atom is -0.496 e. The fraction of sp³-hybridized carbons (Fsp3) is 0.348. The normalized spacial score (nSPS) is 15.0. The highest BCUT2D eigenvalue weighted by atomic mass is 19.4. The molecule has 1 aliphatic carbocycles. The van der Waals surface area contributed by atoms with Crippen molar-refractivity contribution >= 4 is 17.9 Å². The lowest BCUT2D eigenvalue weighted by atomic mass is 9.96. The van der Waals surface area contributed by atoms with Crippen LogP contribution in [0.2, 0.25) is 0 Å². The van der Waals surface area contributed by atoms with E-state index in [1.54, 1.807) is 37.5 Å². The number of carbonyl (C=O) groups excluding carboxylic acids is 1. The Balaban J connectivity index is 1.73. The van der Waals surface area contributed by atoms with Gasteiger partial charge in [-0.15, -0.1) is 13.2 Å². The second kappa shape index (κ2) is 9.16. The summed E-state index contributed by atoms with van der Waals surface area (Å²) in [5, 5.41) is 0. The summed E-state index contributed by atoms with van der Waals surface area (Å²) >= 11 is 0. The molecule has 2 aromatic rings. The molecule has 0 bridgehead atoms. The molecule has 1 saturated carbocycles. The fourth-order valence-corrected chi connectivity index (χ4v) is 3.60. The van der Waals surface area contributed by atoms with Gasteiger partial charge in [0.15, 0.2) is 5.78 Å². The van der Waals surface area contributed by atoms with Gasteiger partial charge in [-0.25, -0.2) is 0 Å². The van der Waals surface area contributed by atoms with Crippen molar-refractivity contribution < 1.29 is 27.4 Å². The number of hydrogen-bond donors (Lipinski definition) is 0. The van der Waals surface area contributed by atoms with Gasteiger partial charge in [0.25, 0.3) is 0 Å². The molecule has 154 valence electrons. The SMILES string of the molecule is COc1ccc(C(=O)CC2CCCC2)cc1/C=C/c1ccc(OC(F)(F)F)cc1. The van der Waals surface area contributed by atoms with E-state index in [4.69, 9.17) is 4.74 Å². The van der Waals surface area contributed by atoms with Crippen LogP contribution in [0.5, 0.6) is 11.5 Å². The Morgan fingerprint density at radius 3 is 2.38 bits per heavy atom. The van der Waals surface area contributed by atoms with Crippen molar-refractivity contribution in [2.24, 2.45) is 5.92 Å². The highest BCUT2D eigenvalue weighted by molar-refractivity contribution is 5.97. The van der Waals surface area contributed by atoms with Crippen LogP contribution in [0, 0.1) is 5.92 Å². The van der Waals surface area contributed by atoms with Crippen LogP contribution in [0.1, 0.15) is 53.6 Å². The molecule has 0 atom stereocenters. The number of ether oxygens (including phenoxy) is 2. The van der Waals surface area contributed by atoms with E-state index < -0.39 is 6.36 Å². The van der Waals surface area contributed by atoms with Crippen LogP contribution in [0.3, 0.4) is 0 Å². The average Bonchev–Trinajstić information content (AvgIpc) is 3.19. The Bertz CT molecular complexity index is 864. The van der Waals surface area contributed by atoms with E-state index in [-0.39, 0.29) is 11.5 Å². The number of halogens is 3. The van der Waals surface area contributed by atoms with E-state index in [1.165, 1.54) is 37.1 Å². The molecule has 1 aliphatic rings. The van der Waals surface area contributed by atoms with E-state index in [2.05, 4.69) is 4.74 Å². The molecular weight excluding hydrogens is 381 g/mol. The van der Waals surface area contributed by atoms with Crippen LogP contribution in [0.25, 0.3) is 12.2 Å². The van der Waals surface area contributed by atoms with Crippen molar-refractivity contribution in [2.45, 2.75) is 38.5 Å². The number of carbonyl (C=O) groups is 1. The molecule has 0 unspecified atom stereocenters. The monoisotopic (exact) mass is 404 g/mol. The van der Waals surface area contributed by atoms with Crippen LogP contribution >= 0.6 is 0 Å². The minimum absolute atomic E-state index is 0.128. The molecule has 0 radical (unpaired) electrons. The van der Waals surface area contributed by atoms with E-state index >= 15 is 0 Å². The van der Waals surface area contributed by atoms with E-state index in [0.717, 1.165) is 18.4 Å². The standard InChI is InChI=1S/C23H23F3O3/c1-28-22-13-10-18(21(27)14-17-4-2-3-5-17)15-19(22)9-6-16-7-11-20(12-8-16)29-23(24,25)26/h6-13,15,17H,2-5,14H2,1H3/b9-6+. The van der Waals surface area contributed by atoms with Gasteiger partial charge in [-0.3, -0.25) is 4.79 Å². The summed E-state index contributed by atoms with van der Waals surface area (Å²) in [7, 11) is 1.55. The number of methoxy groups -OCH3 is 1. The molecule has 29 heavy (non-hydrogen) atoms. The van der Waals surface area contributed by atoms with Gasteiger partial charge < -0.3 is 9.47 Å². The van der Waals surface area contributed by atoms with Crippen LogP contribution in [0.15, 0.2) is 42.5 Å². The van der Waals surface area contributed by atoms with Crippen molar-refractivity contribution in [2.75, 3.05) is 7.11 Å². The molecule has 3 rings (SSSR count). The molecule has 3 nitrogen and oxygen atoms in total. The molecule has 0 heterocycles. The van der Waals surface area contributed by atoms with Crippen LogP contribution < -0.4 is 9.47 Å². The van der Waals surface area contributed by atoms with Crippen LogP contribution in [-0.2, 0) is 0 Å². The predicted octanol–water partition coefficient (Wildman–Crippen LogP) is 6.53. The summed E-state index contributed by atoms with van der Waals surface area (Å²) < 4.78 is 46.0. The second-order valence-electron chi connectivity index (χ2n) is 7.18. The maximum absolute atomic E-state index is 12.6. The van der Waals surface area contributed by atoms with Crippen LogP contribution in [-0.4, -0.2) is 19.3 Å². The molecule has 2 aromatic carbocycles. The lowest BCUT2D eigenvalue weighted by Gasteiger charge is -2.10. The maximum Gasteiger partial charge on any atom is 0.573 e. The van der Waals surface area contributed by atoms with Crippen molar-refractivity contribution in [1.29, 1.82) is 0 Å². The lowest BCUT2D eigenvalue weighted by Crippen LogP contribution is -2.16. The predicted molar refractivity (Wildman–Crippen MR) is 106 cm³/mol. The van der Waals surface area contributed by atoms with E-state index in [0.29, 0.717) is 29.2 Å². The molecule has 0 aliphatic heterocycles. The number of alkyl halides is 3. The number of hydrogen-bond acceptors (Lipinski definition) is 3. The first-order chi connectivity index (χ1) is 13.8. The lowest BCUT2D eigenvalue weighted by molar-refractivity contribution is -0.274. The highest BCUT2D eigenvalue weighted by Crippen LogP contribution is 2.30. The first-order valence-corrected chi connectivity index (χ1v) is 9.59. The summed E-state index contributed by atoms with van der Waals surface area (Å²) in [4.78, 5) is 12.6. The number of ketones is 1. The Morgan fingerprint density at radius 1 is 1.07 bits per heavy atom. The average molecular weight is 404 g/mol. The third-order valence-electron chi connectivity index (χ3n) is 5.07. The van der Waals surface area contributed by atoms with Crippen molar-refractivity contribution in [3.63, 3.8) is 0 Å². The summed E-state index contributed by atoms with van der Waals surface area (Å²) in [5.74, 6) is 0.950. The summed E-state index contributed by atoms with van der Waals surface area (Å²) in [6, 6.07) is 10.9. The van der Waals surface area contributed by atoms with Gasteiger partial charge in [0.1, 0.15) is 11.5 Å². The van der Waals surface area contributed by atoms with Crippen LogP contribution in [0.4, 0.5) is 13.2 Å². The Kier molecular flexibility index (Phi) is 6.62. The van der Waals surface area contributed by atoms with E-state index in [1.807, 2.05) is 0 Å². The van der Waals surface area contributed by atoms with Gasteiger partial charge in [-0.1, -0.05) is 50.0 Å². The van der Waals surface area contributed by atoms with Crippen molar-refractivity contribution in [3.05, 3.63) is 59.2 Å². The zero-order valence-corrected chi connectivity index (χ0v) is 16.2. The van der Waals surface area contributed by atoms with Gasteiger partial charge in [0, 0.05) is 17.5 Å². The Hall–Kier alpha value is -2.76. The zero-order valence-electron chi connectivity index (χ0n) is 16.2. The number of benzene rings is 2. The summed E-state index contributed by atoms with van der Waals surface area (Å²) in [5.41, 5.74) is 2.08. The quantitative estimate of drug-likeness (QED) is 0.389. The molecule has 0 amide bonds. The second-order valence-corrected chi connectivity index (χ2v) is 7.18. The van der Waals surface area contributed by atoms with Gasteiger partial charge in [-0.2, -0.15) is 0 Å². The molecular formula is C23H23F3O3. The largest absolute Gasteiger partial charge is 0.573 e. The smallest absolute Gasteiger partial charge is 0.496 e. The van der Waals surface area contributed by atoms with Gasteiger partial charge in [0.2, 0.25) is 0 Å². The number of rotatable bonds is 7. The van der Waals surface area contributed by atoms with Gasteiger partial charge in [0.05, 0.1) is 7.11 Å². The van der Waals surface area contributed by atoms with Crippen molar-refractivity contribution in [3.8, 4) is 11.5 Å². The maximum atomic E-state index is 12.6. The first-order valence-electron chi connectivity index (χ1n) is 9.59. The Morgan fingerprint density at radius 2 is 1.76 bits per heavy atom. The third-order valence-corrected chi connectivity index (χ3v) is 5.07. The van der Waals surface area contributed by atoms with Crippen molar-refractivity contribution in [1.82, 2.24) is 0 Å².